The molecule has 24 heavy (non-hydrogen) atoms. The third-order valence-electron chi connectivity index (χ3n) is 2.94. The van der Waals surface area contributed by atoms with Crippen LogP contribution in [0.2, 0.25) is 0 Å². The second-order valence-corrected chi connectivity index (χ2v) is 4.58. The number of hydrazone groups is 1. The van der Waals surface area contributed by atoms with Gasteiger partial charge in [0, 0.05) is 6.07 Å². The van der Waals surface area contributed by atoms with Crippen molar-refractivity contribution in [1.82, 2.24) is 5.43 Å². The number of carbonyl (C=O) groups is 1. The standard InChI is InChI=1S/C16H15N3O5/c1-23-13-8-6-12(7-9-13)10-17-18-16(20)11-24-15-5-3-2-4-14(15)19(21)22/h2-10H,11H2,1H3,(H,18,20)/b17-10-. The molecule has 8 heteroatoms. The Hall–Kier alpha value is -3.42. The van der Waals surface area contributed by atoms with Crippen LogP contribution in [0.3, 0.4) is 0 Å². The van der Waals surface area contributed by atoms with Gasteiger partial charge in [-0.15, -0.1) is 0 Å². The van der Waals surface area contributed by atoms with Crippen molar-refractivity contribution < 1.29 is 19.2 Å². The largest absolute Gasteiger partial charge is 0.497 e. The third kappa shape index (κ3) is 4.80. The Bertz CT molecular complexity index is 744. The number of hydrogen-bond acceptors (Lipinski definition) is 6. The van der Waals surface area contributed by atoms with Crippen molar-refractivity contribution in [2.45, 2.75) is 0 Å². The Balaban J connectivity index is 1.85. The summed E-state index contributed by atoms with van der Waals surface area (Å²) >= 11 is 0. The van der Waals surface area contributed by atoms with E-state index in [1.165, 1.54) is 24.4 Å². The Kier molecular flexibility index (Phi) is 5.84. The first kappa shape index (κ1) is 16.9. The maximum atomic E-state index is 11.6. The van der Waals surface area contributed by atoms with Gasteiger partial charge >= 0.3 is 5.69 Å². The van der Waals surface area contributed by atoms with Gasteiger partial charge in [-0.25, -0.2) is 5.43 Å². The highest BCUT2D eigenvalue weighted by Crippen LogP contribution is 2.25. The fourth-order valence-corrected chi connectivity index (χ4v) is 1.77. The smallest absolute Gasteiger partial charge is 0.310 e. The fourth-order valence-electron chi connectivity index (χ4n) is 1.77. The summed E-state index contributed by atoms with van der Waals surface area (Å²) in [5.74, 6) is 0.212. The average molecular weight is 329 g/mol. The number of methoxy groups -OCH3 is 1. The van der Waals surface area contributed by atoms with E-state index in [2.05, 4.69) is 10.5 Å². The van der Waals surface area contributed by atoms with Crippen molar-refractivity contribution in [3.63, 3.8) is 0 Å². The number of benzene rings is 2. The summed E-state index contributed by atoms with van der Waals surface area (Å²) in [6.45, 7) is -0.384. The van der Waals surface area contributed by atoms with Gasteiger partial charge in [-0.2, -0.15) is 5.10 Å². The zero-order chi connectivity index (χ0) is 17.4. The van der Waals surface area contributed by atoms with Crippen molar-refractivity contribution >= 4 is 17.8 Å². The predicted molar refractivity (Wildman–Crippen MR) is 87.3 cm³/mol. The monoisotopic (exact) mass is 329 g/mol. The first-order valence-corrected chi connectivity index (χ1v) is 6.92. The van der Waals surface area contributed by atoms with Crippen LogP contribution in [0.25, 0.3) is 0 Å². The van der Waals surface area contributed by atoms with Crippen LogP contribution >= 0.6 is 0 Å². The van der Waals surface area contributed by atoms with Crippen LogP contribution in [0, 0.1) is 10.1 Å². The van der Waals surface area contributed by atoms with Gasteiger partial charge in [0.15, 0.2) is 12.4 Å². The van der Waals surface area contributed by atoms with Gasteiger partial charge in [-0.3, -0.25) is 14.9 Å². The molecule has 0 unspecified atom stereocenters. The van der Waals surface area contributed by atoms with E-state index in [0.29, 0.717) is 5.75 Å². The summed E-state index contributed by atoms with van der Waals surface area (Å²) in [4.78, 5) is 21.9. The summed E-state index contributed by atoms with van der Waals surface area (Å²) in [5, 5.41) is 14.6. The molecule has 2 aromatic rings. The molecule has 2 aromatic carbocycles. The molecule has 1 amide bonds. The van der Waals surface area contributed by atoms with Crippen LogP contribution in [0.4, 0.5) is 5.69 Å². The number of nitro benzene ring substituents is 1. The summed E-state index contributed by atoms with van der Waals surface area (Å²) in [5.41, 5.74) is 2.86. The molecule has 0 saturated carbocycles. The van der Waals surface area contributed by atoms with Crippen LogP contribution in [0.1, 0.15) is 5.56 Å². The molecule has 0 atom stereocenters. The molecular formula is C16H15N3O5. The number of carbonyl (C=O) groups excluding carboxylic acids is 1. The molecule has 0 aliphatic carbocycles. The third-order valence-corrected chi connectivity index (χ3v) is 2.94. The number of ether oxygens (including phenoxy) is 2. The molecule has 8 nitrogen and oxygen atoms in total. The van der Waals surface area contributed by atoms with Crippen molar-refractivity contribution in [1.29, 1.82) is 0 Å². The molecule has 0 spiro atoms. The van der Waals surface area contributed by atoms with Gasteiger partial charge in [-0.05, 0) is 35.9 Å². The van der Waals surface area contributed by atoms with Gasteiger partial charge in [0.1, 0.15) is 5.75 Å². The number of amides is 1. The fraction of sp³-hybridized carbons (Fsp3) is 0.125. The molecule has 2 rings (SSSR count). The second kappa shape index (κ2) is 8.28. The highest BCUT2D eigenvalue weighted by molar-refractivity contribution is 5.83. The maximum Gasteiger partial charge on any atom is 0.310 e. The van der Waals surface area contributed by atoms with Crippen LogP contribution in [0.5, 0.6) is 11.5 Å². The Labute approximate surface area is 137 Å². The number of hydrogen-bond donors (Lipinski definition) is 1. The summed E-state index contributed by atoms with van der Waals surface area (Å²) < 4.78 is 10.2. The Morgan fingerprint density at radius 3 is 2.62 bits per heavy atom. The zero-order valence-corrected chi connectivity index (χ0v) is 12.8. The van der Waals surface area contributed by atoms with Gasteiger partial charge in [-0.1, -0.05) is 12.1 Å². The van der Waals surface area contributed by atoms with E-state index in [-0.39, 0.29) is 18.0 Å². The molecule has 0 radical (unpaired) electrons. The number of nitrogens with one attached hydrogen (secondary N) is 1. The lowest BCUT2D eigenvalue weighted by Gasteiger charge is -2.05. The molecule has 1 N–H and O–H groups in total. The average Bonchev–Trinajstić information content (AvgIpc) is 2.60. The predicted octanol–water partition coefficient (Wildman–Crippen LogP) is 2.13. The quantitative estimate of drug-likeness (QED) is 0.476. The van der Waals surface area contributed by atoms with E-state index in [1.54, 1.807) is 37.4 Å². The Morgan fingerprint density at radius 2 is 1.96 bits per heavy atom. The highest BCUT2D eigenvalue weighted by Gasteiger charge is 2.14. The molecule has 0 bridgehead atoms. The SMILES string of the molecule is COc1ccc(/C=N\NC(=O)COc2ccccc2[N+](=O)[O-])cc1. The lowest BCUT2D eigenvalue weighted by Crippen LogP contribution is -2.24. The van der Waals surface area contributed by atoms with E-state index in [1.807, 2.05) is 0 Å². The van der Waals surface area contributed by atoms with Gasteiger partial charge in [0.05, 0.1) is 18.2 Å². The molecular weight excluding hydrogens is 314 g/mol. The first-order valence-electron chi connectivity index (χ1n) is 6.92. The van der Waals surface area contributed by atoms with E-state index < -0.39 is 10.8 Å². The van der Waals surface area contributed by atoms with E-state index >= 15 is 0 Å². The molecule has 0 aliphatic heterocycles. The number of para-hydroxylation sites is 2. The molecule has 0 aliphatic rings. The number of nitrogens with zero attached hydrogens (tertiary/aromatic N) is 2. The molecule has 0 fully saturated rings. The van der Waals surface area contributed by atoms with Crippen molar-refractivity contribution in [2.24, 2.45) is 5.10 Å². The van der Waals surface area contributed by atoms with Crippen LogP contribution in [-0.2, 0) is 4.79 Å². The van der Waals surface area contributed by atoms with Crippen molar-refractivity contribution in [3.8, 4) is 11.5 Å². The Morgan fingerprint density at radius 1 is 1.25 bits per heavy atom. The minimum Gasteiger partial charge on any atom is -0.497 e. The minimum atomic E-state index is -0.574. The van der Waals surface area contributed by atoms with E-state index in [4.69, 9.17) is 9.47 Å². The molecule has 0 saturated heterocycles. The van der Waals surface area contributed by atoms with Crippen LogP contribution in [0.15, 0.2) is 53.6 Å². The topological polar surface area (TPSA) is 103 Å². The van der Waals surface area contributed by atoms with Crippen LogP contribution < -0.4 is 14.9 Å². The van der Waals surface area contributed by atoms with Gasteiger partial charge < -0.3 is 9.47 Å². The number of rotatable bonds is 7. The molecule has 0 aromatic heterocycles. The summed E-state index contributed by atoms with van der Waals surface area (Å²) in [6, 6.07) is 12.9. The lowest BCUT2D eigenvalue weighted by molar-refractivity contribution is -0.385. The first-order chi connectivity index (χ1) is 11.6. The maximum absolute atomic E-state index is 11.6. The van der Waals surface area contributed by atoms with Crippen molar-refractivity contribution in [3.05, 3.63) is 64.2 Å². The number of nitro groups is 1. The zero-order valence-electron chi connectivity index (χ0n) is 12.8. The van der Waals surface area contributed by atoms with Gasteiger partial charge in [0.2, 0.25) is 0 Å². The lowest BCUT2D eigenvalue weighted by atomic mass is 10.2. The molecule has 0 heterocycles. The van der Waals surface area contributed by atoms with Gasteiger partial charge in [0.25, 0.3) is 5.91 Å². The molecule has 124 valence electrons. The van der Waals surface area contributed by atoms with E-state index in [9.17, 15) is 14.9 Å². The minimum absolute atomic E-state index is 0.0248. The van der Waals surface area contributed by atoms with E-state index in [0.717, 1.165) is 5.56 Å². The highest BCUT2D eigenvalue weighted by atomic mass is 16.6. The summed E-state index contributed by atoms with van der Waals surface area (Å²) in [6.07, 6.45) is 1.46. The summed E-state index contributed by atoms with van der Waals surface area (Å²) in [7, 11) is 1.57. The van der Waals surface area contributed by atoms with Crippen LogP contribution in [-0.4, -0.2) is 30.8 Å². The normalized spacial score (nSPS) is 10.4. The second-order valence-electron chi connectivity index (χ2n) is 4.58. The van der Waals surface area contributed by atoms with Crippen molar-refractivity contribution in [2.75, 3.05) is 13.7 Å².